The van der Waals surface area contributed by atoms with Gasteiger partial charge in [-0.3, -0.25) is 4.90 Å². The van der Waals surface area contributed by atoms with E-state index in [0.29, 0.717) is 18.8 Å². The van der Waals surface area contributed by atoms with Gasteiger partial charge in [0.1, 0.15) is 18.0 Å². The Balaban J connectivity index is 1.61. The van der Waals surface area contributed by atoms with Crippen LogP contribution in [0.1, 0.15) is 38.4 Å². The van der Waals surface area contributed by atoms with E-state index < -0.39 is 6.10 Å². The fourth-order valence-corrected chi connectivity index (χ4v) is 2.69. The molecular weight excluding hydrogens is 266 g/mol. The molecule has 1 aromatic rings. The Morgan fingerprint density at radius 2 is 1.95 bits per heavy atom. The van der Waals surface area contributed by atoms with Crippen molar-refractivity contribution in [3.05, 3.63) is 29.8 Å². The Morgan fingerprint density at radius 3 is 2.57 bits per heavy atom. The second kappa shape index (κ2) is 6.34. The first kappa shape index (κ1) is 14.8. The van der Waals surface area contributed by atoms with Gasteiger partial charge in [-0.15, -0.1) is 0 Å². The summed E-state index contributed by atoms with van der Waals surface area (Å²) in [7, 11) is 0. The lowest BCUT2D eigenvalue weighted by molar-refractivity contribution is -0.0961. The topological polar surface area (TPSA) is 41.9 Å². The van der Waals surface area contributed by atoms with Gasteiger partial charge in [0.05, 0.1) is 12.7 Å². The van der Waals surface area contributed by atoms with Crippen molar-refractivity contribution in [3.63, 3.8) is 0 Å². The Labute approximate surface area is 126 Å². The predicted molar refractivity (Wildman–Crippen MR) is 81.5 cm³/mol. The highest BCUT2D eigenvalue weighted by molar-refractivity contribution is 5.29. The quantitative estimate of drug-likeness (QED) is 0.904. The van der Waals surface area contributed by atoms with Gasteiger partial charge in [0.15, 0.2) is 0 Å². The minimum atomic E-state index is -0.582. The first-order chi connectivity index (χ1) is 10.1. The molecule has 1 N–H and O–H groups in total. The van der Waals surface area contributed by atoms with Gasteiger partial charge in [0.2, 0.25) is 0 Å². The number of morpholine rings is 1. The van der Waals surface area contributed by atoms with Crippen molar-refractivity contribution < 1.29 is 14.6 Å². The van der Waals surface area contributed by atoms with E-state index in [9.17, 15) is 5.11 Å². The number of hydrogen-bond donors (Lipinski definition) is 1. The van der Waals surface area contributed by atoms with E-state index in [2.05, 4.69) is 18.7 Å². The number of ether oxygens (including phenoxy) is 2. The normalized spacial score (nSPS) is 25.0. The molecule has 1 saturated carbocycles. The van der Waals surface area contributed by atoms with Crippen molar-refractivity contribution in [2.75, 3.05) is 19.7 Å². The van der Waals surface area contributed by atoms with Gasteiger partial charge < -0.3 is 14.6 Å². The molecule has 1 saturated heterocycles. The number of rotatable bonds is 5. The number of nitrogens with zero attached hydrogens (tertiary/aromatic N) is 1. The Kier molecular flexibility index (Phi) is 4.48. The summed E-state index contributed by atoms with van der Waals surface area (Å²) < 4.78 is 11.5. The summed E-state index contributed by atoms with van der Waals surface area (Å²) in [6.45, 7) is 6.76. The van der Waals surface area contributed by atoms with Crippen LogP contribution in [0.5, 0.6) is 5.75 Å². The zero-order chi connectivity index (χ0) is 14.8. The van der Waals surface area contributed by atoms with Gasteiger partial charge in [-0.05, 0) is 44.4 Å². The Hall–Kier alpha value is -1.10. The van der Waals surface area contributed by atoms with Gasteiger partial charge >= 0.3 is 0 Å². The molecule has 0 radical (unpaired) electrons. The van der Waals surface area contributed by atoms with Crippen molar-refractivity contribution in [2.45, 2.75) is 51.0 Å². The third-order valence-electron chi connectivity index (χ3n) is 4.26. The second-order valence-corrected chi connectivity index (χ2v) is 6.33. The van der Waals surface area contributed by atoms with Crippen LogP contribution in [-0.4, -0.2) is 48.0 Å². The van der Waals surface area contributed by atoms with Crippen LogP contribution in [0.15, 0.2) is 24.3 Å². The fourth-order valence-electron chi connectivity index (χ4n) is 2.69. The lowest BCUT2D eigenvalue weighted by Gasteiger charge is -2.37. The van der Waals surface area contributed by atoms with Gasteiger partial charge in [-0.2, -0.15) is 0 Å². The summed E-state index contributed by atoms with van der Waals surface area (Å²) in [5.74, 6) is 0.891. The van der Waals surface area contributed by atoms with Crippen LogP contribution < -0.4 is 4.74 Å². The smallest absolute Gasteiger partial charge is 0.119 e. The molecular formula is C17H25NO3. The summed E-state index contributed by atoms with van der Waals surface area (Å²) in [5.41, 5.74) is 0.897. The maximum atomic E-state index is 10.5. The average molecular weight is 291 g/mol. The monoisotopic (exact) mass is 291 g/mol. The molecule has 116 valence electrons. The van der Waals surface area contributed by atoms with Crippen molar-refractivity contribution in [1.29, 1.82) is 0 Å². The van der Waals surface area contributed by atoms with Crippen LogP contribution in [0.3, 0.4) is 0 Å². The van der Waals surface area contributed by atoms with E-state index in [-0.39, 0.29) is 6.10 Å². The molecule has 2 aliphatic rings. The minimum Gasteiger partial charge on any atom is -0.490 e. The van der Waals surface area contributed by atoms with E-state index in [1.54, 1.807) is 0 Å². The second-order valence-electron chi connectivity index (χ2n) is 6.33. The lowest BCUT2D eigenvalue weighted by Crippen LogP contribution is -2.47. The van der Waals surface area contributed by atoms with Crippen LogP contribution in [0.2, 0.25) is 0 Å². The highest BCUT2D eigenvalue weighted by Gasteiger charge is 2.29. The molecule has 1 aliphatic heterocycles. The third kappa shape index (κ3) is 3.76. The van der Waals surface area contributed by atoms with E-state index in [4.69, 9.17) is 9.47 Å². The summed E-state index contributed by atoms with van der Waals surface area (Å²) in [6, 6.07) is 8.26. The van der Waals surface area contributed by atoms with Crippen molar-refractivity contribution in [3.8, 4) is 5.75 Å². The molecule has 2 unspecified atom stereocenters. The zero-order valence-corrected chi connectivity index (χ0v) is 12.9. The zero-order valence-electron chi connectivity index (χ0n) is 12.9. The minimum absolute atomic E-state index is 0.156. The molecule has 0 bridgehead atoms. The first-order valence-electron chi connectivity index (χ1n) is 7.94. The number of aliphatic hydroxyl groups excluding tert-OH is 1. The standard InChI is InChI=1S/C17H25NO3/c1-12(2)18-9-10-20-16(11-18)17(19)13-3-5-14(6-4-13)21-15-7-8-15/h3-6,12,15-17,19H,7-11H2,1-2H3. The Bertz CT molecular complexity index is 456. The van der Waals surface area contributed by atoms with Crippen LogP contribution in [0.4, 0.5) is 0 Å². The first-order valence-corrected chi connectivity index (χ1v) is 7.94. The lowest BCUT2D eigenvalue weighted by atomic mass is 10.0. The molecule has 2 atom stereocenters. The average Bonchev–Trinajstić information content (AvgIpc) is 3.31. The molecule has 0 amide bonds. The molecule has 1 aromatic carbocycles. The summed E-state index contributed by atoms with van der Waals surface area (Å²) in [4.78, 5) is 2.35. The molecule has 0 aromatic heterocycles. The molecule has 1 aliphatic carbocycles. The van der Waals surface area contributed by atoms with Gasteiger partial charge in [0.25, 0.3) is 0 Å². The third-order valence-corrected chi connectivity index (χ3v) is 4.26. The van der Waals surface area contributed by atoms with Gasteiger partial charge in [0, 0.05) is 19.1 Å². The summed E-state index contributed by atoms with van der Waals surface area (Å²) in [6.07, 6.45) is 1.98. The molecule has 1 heterocycles. The van der Waals surface area contributed by atoms with Crippen molar-refractivity contribution in [1.82, 2.24) is 4.90 Å². The fraction of sp³-hybridized carbons (Fsp3) is 0.647. The highest BCUT2D eigenvalue weighted by atomic mass is 16.5. The molecule has 0 spiro atoms. The maximum absolute atomic E-state index is 10.5. The SMILES string of the molecule is CC(C)N1CCOC(C(O)c2ccc(OC3CC3)cc2)C1. The number of benzene rings is 1. The van der Waals surface area contributed by atoms with E-state index in [1.807, 2.05) is 24.3 Å². The number of hydrogen-bond acceptors (Lipinski definition) is 4. The van der Waals surface area contributed by atoms with E-state index in [1.165, 1.54) is 0 Å². The predicted octanol–water partition coefficient (Wildman–Crippen LogP) is 2.37. The summed E-state index contributed by atoms with van der Waals surface area (Å²) in [5, 5.41) is 10.5. The molecule has 4 nitrogen and oxygen atoms in total. The Morgan fingerprint density at radius 1 is 1.24 bits per heavy atom. The highest BCUT2D eigenvalue weighted by Crippen LogP contribution is 2.29. The van der Waals surface area contributed by atoms with Crippen molar-refractivity contribution >= 4 is 0 Å². The van der Waals surface area contributed by atoms with E-state index >= 15 is 0 Å². The van der Waals surface area contributed by atoms with Gasteiger partial charge in [-0.25, -0.2) is 0 Å². The van der Waals surface area contributed by atoms with Crippen molar-refractivity contribution in [2.24, 2.45) is 0 Å². The van der Waals surface area contributed by atoms with Gasteiger partial charge in [-0.1, -0.05) is 12.1 Å². The number of aliphatic hydroxyl groups is 1. The van der Waals surface area contributed by atoms with E-state index in [0.717, 1.165) is 37.2 Å². The molecule has 3 rings (SSSR count). The van der Waals surface area contributed by atoms with Crippen LogP contribution >= 0.6 is 0 Å². The molecule has 21 heavy (non-hydrogen) atoms. The van der Waals surface area contributed by atoms with Crippen LogP contribution in [-0.2, 0) is 4.74 Å². The maximum Gasteiger partial charge on any atom is 0.119 e. The van der Waals surface area contributed by atoms with Crippen LogP contribution in [0.25, 0.3) is 0 Å². The van der Waals surface area contributed by atoms with Crippen LogP contribution in [0, 0.1) is 0 Å². The molecule has 2 fully saturated rings. The largest absolute Gasteiger partial charge is 0.490 e. The summed E-state index contributed by atoms with van der Waals surface area (Å²) >= 11 is 0. The molecule has 4 heteroatoms.